The number of nitrogens with one attached hydrogen (secondary N) is 1. The Kier molecular flexibility index (Phi) is 6.30. The van der Waals surface area contributed by atoms with Gasteiger partial charge in [-0.2, -0.15) is 0 Å². The first-order valence-corrected chi connectivity index (χ1v) is 12.2. The van der Waals surface area contributed by atoms with Gasteiger partial charge in [-0.1, -0.05) is 48.5 Å². The van der Waals surface area contributed by atoms with Crippen molar-refractivity contribution in [1.82, 2.24) is 4.90 Å². The minimum Gasteiger partial charge on any atom is -0.480 e. The molecule has 8 heteroatoms. The lowest BCUT2D eigenvalue weighted by molar-refractivity contribution is -0.141. The van der Waals surface area contributed by atoms with Crippen LogP contribution in [0.1, 0.15) is 40.2 Å². The van der Waals surface area contributed by atoms with E-state index < -0.39 is 18.1 Å². The van der Waals surface area contributed by atoms with Gasteiger partial charge < -0.3 is 14.7 Å². The molecule has 1 aliphatic carbocycles. The minimum atomic E-state index is -0.997. The highest BCUT2D eigenvalue weighted by Crippen LogP contribution is 2.44. The number of likely N-dealkylation sites (tertiary alicyclic amines) is 1. The first-order chi connectivity index (χ1) is 16.9. The molecular formula is C27H23BrN2O5. The fourth-order valence-electron chi connectivity index (χ4n) is 4.93. The van der Waals surface area contributed by atoms with Crippen LogP contribution in [0, 0.1) is 0 Å². The smallest absolute Gasteiger partial charge is 0.411 e. The molecule has 1 aliphatic heterocycles. The minimum absolute atomic E-state index is 0.0424. The van der Waals surface area contributed by atoms with Crippen LogP contribution in [0.4, 0.5) is 10.5 Å². The van der Waals surface area contributed by atoms with Crippen LogP contribution in [0.3, 0.4) is 0 Å². The van der Waals surface area contributed by atoms with Gasteiger partial charge in [-0.3, -0.25) is 10.1 Å². The first kappa shape index (κ1) is 23.1. The summed E-state index contributed by atoms with van der Waals surface area (Å²) in [6.45, 7) is 0.604. The Morgan fingerprint density at radius 2 is 1.66 bits per heavy atom. The van der Waals surface area contributed by atoms with Gasteiger partial charge in [-0.25, -0.2) is 9.59 Å². The second-order valence-electron chi connectivity index (χ2n) is 8.64. The van der Waals surface area contributed by atoms with Crippen LogP contribution in [-0.2, 0) is 9.53 Å². The molecule has 2 N–H and O–H groups in total. The summed E-state index contributed by atoms with van der Waals surface area (Å²) in [5, 5.41) is 12.1. The maximum absolute atomic E-state index is 12.8. The molecule has 0 bridgehead atoms. The number of hydrogen-bond donors (Lipinski definition) is 2. The fourth-order valence-corrected chi connectivity index (χ4v) is 5.40. The molecule has 5 rings (SSSR count). The number of nitrogens with zero attached hydrogens (tertiary/aromatic N) is 1. The number of carboxylic acids is 1. The van der Waals surface area contributed by atoms with Gasteiger partial charge in [0.1, 0.15) is 12.6 Å². The third kappa shape index (κ3) is 4.41. The fraction of sp³-hybridized carbons (Fsp3) is 0.222. The summed E-state index contributed by atoms with van der Waals surface area (Å²) in [6.07, 6.45) is 0.506. The van der Waals surface area contributed by atoms with Gasteiger partial charge >= 0.3 is 12.1 Å². The maximum atomic E-state index is 12.8. The molecule has 1 fully saturated rings. The SMILES string of the molecule is O=C(Nc1ccc(C(=O)N2CCC[C@@H]2C(=O)O)cc1Br)OCC1c2ccccc2-c2ccccc21. The summed E-state index contributed by atoms with van der Waals surface area (Å²) in [6, 6.07) is 20.2. The topological polar surface area (TPSA) is 95.9 Å². The predicted octanol–water partition coefficient (Wildman–Crippen LogP) is 5.50. The van der Waals surface area contributed by atoms with E-state index in [-0.39, 0.29) is 18.4 Å². The van der Waals surface area contributed by atoms with Gasteiger partial charge in [0.05, 0.1) is 5.69 Å². The largest absolute Gasteiger partial charge is 0.480 e. The van der Waals surface area contributed by atoms with Gasteiger partial charge in [0.15, 0.2) is 0 Å². The zero-order valence-electron chi connectivity index (χ0n) is 18.7. The third-order valence-corrected chi connectivity index (χ3v) is 7.25. The average molecular weight is 535 g/mol. The first-order valence-electron chi connectivity index (χ1n) is 11.4. The molecule has 0 unspecified atom stereocenters. The maximum Gasteiger partial charge on any atom is 0.411 e. The highest BCUT2D eigenvalue weighted by atomic mass is 79.9. The Bertz CT molecular complexity index is 1280. The molecule has 35 heavy (non-hydrogen) atoms. The second-order valence-corrected chi connectivity index (χ2v) is 9.49. The van der Waals surface area contributed by atoms with Crippen molar-refractivity contribution in [2.75, 3.05) is 18.5 Å². The number of fused-ring (bicyclic) bond motifs is 3. The van der Waals surface area contributed by atoms with Gasteiger partial charge in [0.25, 0.3) is 5.91 Å². The van der Waals surface area contributed by atoms with Crippen molar-refractivity contribution < 1.29 is 24.2 Å². The van der Waals surface area contributed by atoms with Crippen molar-refractivity contribution >= 4 is 39.6 Å². The highest BCUT2D eigenvalue weighted by molar-refractivity contribution is 9.10. The molecule has 1 heterocycles. The Morgan fingerprint density at radius 1 is 1.00 bits per heavy atom. The second kappa shape index (κ2) is 9.54. The molecule has 0 spiro atoms. The molecule has 2 aliphatic rings. The van der Waals surface area contributed by atoms with E-state index >= 15 is 0 Å². The van der Waals surface area contributed by atoms with Crippen molar-refractivity contribution in [2.24, 2.45) is 0 Å². The van der Waals surface area contributed by atoms with Crippen molar-refractivity contribution in [3.05, 3.63) is 87.9 Å². The van der Waals surface area contributed by atoms with Crippen LogP contribution in [0.15, 0.2) is 71.2 Å². The summed E-state index contributed by atoms with van der Waals surface area (Å²) in [7, 11) is 0. The van der Waals surface area contributed by atoms with Gasteiger partial charge in [0.2, 0.25) is 0 Å². The van der Waals surface area contributed by atoms with E-state index in [1.165, 1.54) is 4.90 Å². The van der Waals surface area contributed by atoms with Crippen molar-refractivity contribution in [1.29, 1.82) is 0 Å². The van der Waals surface area contributed by atoms with Crippen molar-refractivity contribution in [3.63, 3.8) is 0 Å². The lowest BCUT2D eigenvalue weighted by Crippen LogP contribution is -2.40. The summed E-state index contributed by atoms with van der Waals surface area (Å²) in [4.78, 5) is 38.2. The number of ether oxygens (including phenoxy) is 1. The normalized spacial score (nSPS) is 16.5. The standard InChI is InChI=1S/C27H23BrN2O5/c28-22-14-16(25(31)30-13-5-10-24(30)26(32)33)11-12-23(22)29-27(34)35-15-21-19-8-3-1-6-17(19)18-7-2-4-9-20(18)21/h1-4,6-9,11-12,14,21,24H,5,10,13,15H2,(H,29,34)(H,32,33)/t24-/m1/s1. The number of benzene rings is 3. The zero-order valence-corrected chi connectivity index (χ0v) is 20.3. The average Bonchev–Trinajstić information content (AvgIpc) is 3.47. The number of carboxylic acid groups (broad SMARTS) is 1. The molecular weight excluding hydrogens is 512 g/mol. The number of carbonyl (C=O) groups is 3. The molecule has 1 saturated heterocycles. The van der Waals surface area contributed by atoms with Crippen LogP contribution in [-0.4, -0.2) is 47.2 Å². The number of rotatable bonds is 5. The molecule has 3 aromatic carbocycles. The quantitative estimate of drug-likeness (QED) is 0.450. The zero-order chi connectivity index (χ0) is 24.5. The number of aliphatic carboxylic acids is 1. The molecule has 0 radical (unpaired) electrons. The van der Waals surface area contributed by atoms with E-state index in [0.29, 0.717) is 35.1 Å². The van der Waals surface area contributed by atoms with Crippen LogP contribution in [0.25, 0.3) is 11.1 Å². The lowest BCUT2D eigenvalue weighted by Gasteiger charge is -2.21. The summed E-state index contributed by atoms with van der Waals surface area (Å²) in [5.74, 6) is -1.38. The Labute approximate surface area is 210 Å². The summed E-state index contributed by atoms with van der Waals surface area (Å²) < 4.78 is 6.09. The van der Waals surface area contributed by atoms with E-state index in [0.717, 1.165) is 22.3 Å². The van der Waals surface area contributed by atoms with Gasteiger partial charge in [0, 0.05) is 22.5 Å². The van der Waals surface area contributed by atoms with Gasteiger partial charge in [-0.15, -0.1) is 0 Å². The molecule has 0 aromatic heterocycles. The predicted molar refractivity (Wildman–Crippen MR) is 135 cm³/mol. The number of carbonyl (C=O) groups excluding carboxylic acids is 2. The van der Waals surface area contributed by atoms with E-state index in [4.69, 9.17) is 4.74 Å². The summed E-state index contributed by atoms with van der Waals surface area (Å²) in [5.41, 5.74) is 5.38. The molecule has 3 aromatic rings. The molecule has 0 saturated carbocycles. The van der Waals surface area contributed by atoms with E-state index in [1.807, 2.05) is 24.3 Å². The molecule has 2 amide bonds. The van der Waals surface area contributed by atoms with Crippen LogP contribution < -0.4 is 5.32 Å². The third-order valence-electron chi connectivity index (χ3n) is 6.60. The molecule has 1 atom stereocenters. The van der Waals surface area contributed by atoms with E-state index in [9.17, 15) is 19.5 Å². The molecule has 178 valence electrons. The van der Waals surface area contributed by atoms with E-state index in [1.54, 1.807) is 18.2 Å². The Morgan fingerprint density at radius 3 is 2.29 bits per heavy atom. The monoisotopic (exact) mass is 534 g/mol. The highest BCUT2D eigenvalue weighted by Gasteiger charge is 2.34. The van der Waals surface area contributed by atoms with Crippen molar-refractivity contribution in [3.8, 4) is 11.1 Å². The van der Waals surface area contributed by atoms with Crippen LogP contribution >= 0.6 is 15.9 Å². The van der Waals surface area contributed by atoms with Crippen molar-refractivity contribution in [2.45, 2.75) is 24.8 Å². The lowest BCUT2D eigenvalue weighted by atomic mass is 9.98. The van der Waals surface area contributed by atoms with Gasteiger partial charge in [-0.05, 0) is 69.2 Å². The number of hydrogen-bond acceptors (Lipinski definition) is 4. The number of anilines is 1. The number of halogens is 1. The summed E-state index contributed by atoms with van der Waals surface area (Å²) >= 11 is 3.40. The Hall–Kier alpha value is -3.65. The van der Waals surface area contributed by atoms with E-state index in [2.05, 4.69) is 45.5 Å². The molecule has 7 nitrogen and oxygen atoms in total. The van der Waals surface area contributed by atoms with Crippen LogP contribution in [0.2, 0.25) is 0 Å². The number of amides is 2. The Balaban J connectivity index is 1.25. The van der Waals surface area contributed by atoms with Crippen LogP contribution in [0.5, 0.6) is 0 Å².